The van der Waals surface area contributed by atoms with Crippen LogP contribution in [0.1, 0.15) is 23.1 Å². The Morgan fingerprint density at radius 3 is 2.43 bits per heavy atom. The number of amidine groups is 1. The first kappa shape index (κ1) is 21.3. The van der Waals surface area contributed by atoms with Gasteiger partial charge in [0.2, 0.25) is 5.95 Å². The minimum Gasteiger partial charge on any atom is -0.383 e. The van der Waals surface area contributed by atoms with Crippen molar-refractivity contribution in [3.05, 3.63) is 71.4 Å². The summed E-state index contributed by atoms with van der Waals surface area (Å²) in [6.07, 6.45) is 2.67. The van der Waals surface area contributed by atoms with Crippen LogP contribution in [0.2, 0.25) is 0 Å². The van der Waals surface area contributed by atoms with Crippen molar-refractivity contribution >= 4 is 29.0 Å². The second kappa shape index (κ2) is 10.4. The first-order valence-corrected chi connectivity index (χ1v) is 10.1. The molecule has 30 heavy (non-hydrogen) atoms. The molecular formula is C23H29N7. The number of aliphatic imine (C=N–C) groups is 1. The number of nitrogens with one attached hydrogen (secondary N) is 3. The van der Waals surface area contributed by atoms with Crippen molar-refractivity contribution in [2.45, 2.75) is 20.3 Å². The molecule has 0 radical (unpaired) electrons. The highest BCUT2D eigenvalue weighted by molar-refractivity contribution is 6.03. The number of anilines is 3. The monoisotopic (exact) mass is 403 g/mol. The molecule has 0 saturated carbocycles. The summed E-state index contributed by atoms with van der Waals surface area (Å²) in [7, 11) is 1.94. The standard InChI is InChI=1S/C23H29N7/c1-16-9-7-10-17(2)20(16)29-21(24)19-15-27-23(28-18-11-5-4-6-12-18)30-22(19)26-14-8-13-25-3/h4-7,9-12,15,25H,8,13-14H2,1-3H3,(H2,24,29)(H2,26,27,28,30). The fourth-order valence-corrected chi connectivity index (χ4v) is 3.05. The van der Waals surface area contributed by atoms with Crippen LogP contribution in [0.5, 0.6) is 0 Å². The fourth-order valence-electron chi connectivity index (χ4n) is 3.05. The van der Waals surface area contributed by atoms with Crippen molar-refractivity contribution in [3.63, 3.8) is 0 Å². The molecular weight excluding hydrogens is 374 g/mol. The molecule has 3 rings (SSSR count). The lowest BCUT2D eigenvalue weighted by Crippen LogP contribution is -2.20. The van der Waals surface area contributed by atoms with Gasteiger partial charge in [0.25, 0.3) is 0 Å². The zero-order valence-electron chi connectivity index (χ0n) is 17.7. The molecule has 0 aliphatic carbocycles. The van der Waals surface area contributed by atoms with Gasteiger partial charge in [0.1, 0.15) is 11.7 Å². The van der Waals surface area contributed by atoms with E-state index in [9.17, 15) is 0 Å². The topological polar surface area (TPSA) is 100 Å². The lowest BCUT2D eigenvalue weighted by atomic mass is 10.1. The van der Waals surface area contributed by atoms with Crippen LogP contribution in [-0.2, 0) is 0 Å². The summed E-state index contributed by atoms with van der Waals surface area (Å²) in [5.74, 6) is 1.54. The number of nitrogens with zero attached hydrogens (tertiary/aromatic N) is 3. The molecule has 0 atom stereocenters. The Morgan fingerprint density at radius 2 is 1.73 bits per heavy atom. The van der Waals surface area contributed by atoms with E-state index in [0.717, 1.165) is 42.0 Å². The van der Waals surface area contributed by atoms with Gasteiger partial charge in [0.15, 0.2) is 0 Å². The maximum Gasteiger partial charge on any atom is 0.229 e. The van der Waals surface area contributed by atoms with E-state index in [-0.39, 0.29) is 0 Å². The van der Waals surface area contributed by atoms with Crippen molar-refractivity contribution in [1.82, 2.24) is 15.3 Å². The first-order chi connectivity index (χ1) is 14.6. The molecule has 1 aromatic heterocycles. The van der Waals surface area contributed by atoms with E-state index in [0.29, 0.717) is 23.2 Å². The number of aryl methyl sites for hydroxylation is 2. The summed E-state index contributed by atoms with van der Waals surface area (Å²) < 4.78 is 0. The predicted octanol–water partition coefficient (Wildman–Crippen LogP) is 3.90. The third-order valence-electron chi connectivity index (χ3n) is 4.66. The van der Waals surface area contributed by atoms with Gasteiger partial charge < -0.3 is 21.7 Å². The van der Waals surface area contributed by atoms with Crippen molar-refractivity contribution in [2.24, 2.45) is 10.7 Å². The number of hydrogen-bond donors (Lipinski definition) is 4. The van der Waals surface area contributed by atoms with Crippen LogP contribution >= 0.6 is 0 Å². The van der Waals surface area contributed by atoms with Gasteiger partial charge in [-0.25, -0.2) is 9.98 Å². The van der Waals surface area contributed by atoms with E-state index < -0.39 is 0 Å². The summed E-state index contributed by atoms with van der Waals surface area (Å²) in [5, 5.41) is 9.75. The minimum absolute atomic E-state index is 0.384. The number of benzene rings is 2. The average Bonchev–Trinajstić information content (AvgIpc) is 2.75. The number of para-hydroxylation sites is 2. The van der Waals surface area contributed by atoms with E-state index in [1.54, 1.807) is 6.20 Å². The summed E-state index contributed by atoms with van der Waals surface area (Å²) in [6.45, 7) is 5.72. The zero-order chi connectivity index (χ0) is 21.3. The molecule has 156 valence electrons. The molecule has 0 aliphatic rings. The molecule has 5 N–H and O–H groups in total. The van der Waals surface area contributed by atoms with E-state index in [1.165, 1.54) is 0 Å². The Hall–Kier alpha value is -3.45. The van der Waals surface area contributed by atoms with Gasteiger partial charge in [-0.05, 0) is 57.1 Å². The molecule has 0 bridgehead atoms. The maximum absolute atomic E-state index is 6.40. The Labute approximate surface area is 177 Å². The van der Waals surface area contributed by atoms with Crippen molar-refractivity contribution < 1.29 is 0 Å². The van der Waals surface area contributed by atoms with Crippen molar-refractivity contribution in [2.75, 3.05) is 30.8 Å². The Kier molecular flexibility index (Phi) is 7.34. The van der Waals surface area contributed by atoms with Gasteiger partial charge >= 0.3 is 0 Å². The lowest BCUT2D eigenvalue weighted by molar-refractivity contribution is 0.746. The summed E-state index contributed by atoms with van der Waals surface area (Å²) in [5.41, 5.74) is 11.0. The van der Waals surface area contributed by atoms with Gasteiger partial charge in [0.05, 0.1) is 11.3 Å². The van der Waals surface area contributed by atoms with Crippen molar-refractivity contribution in [3.8, 4) is 0 Å². The van der Waals surface area contributed by atoms with Crippen molar-refractivity contribution in [1.29, 1.82) is 0 Å². The quantitative estimate of drug-likeness (QED) is 0.246. The van der Waals surface area contributed by atoms with Gasteiger partial charge in [-0.1, -0.05) is 36.4 Å². The second-order valence-electron chi connectivity index (χ2n) is 7.07. The van der Waals surface area contributed by atoms with Gasteiger partial charge in [0, 0.05) is 18.4 Å². The molecule has 7 nitrogen and oxygen atoms in total. The molecule has 0 amide bonds. The second-order valence-corrected chi connectivity index (χ2v) is 7.07. The highest BCUT2D eigenvalue weighted by Crippen LogP contribution is 2.25. The van der Waals surface area contributed by atoms with E-state index in [4.69, 9.17) is 5.73 Å². The third kappa shape index (κ3) is 5.55. The first-order valence-electron chi connectivity index (χ1n) is 10.1. The van der Waals surface area contributed by atoms with Gasteiger partial charge in [-0.2, -0.15) is 4.98 Å². The smallest absolute Gasteiger partial charge is 0.229 e. The van der Waals surface area contributed by atoms with Gasteiger partial charge in [-0.15, -0.1) is 0 Å². The summed E-state index contributed by atoms with van der Waals surface area (Å²) in [6, 6.07) is 15.9. The van der Waals surface area contributed by atoms with E-state index in [2.05, 4.69) is 30.9 Å². The molecule has 0 spiro atoms. The lowest BCUT2D eigenvalue weighted by Gasteiger charge is -2.13. The Bertz CT molecular complexity index is 979. The van der Waals surface area contributed by atoms with E-state index >= 15 is 0 Å². The highest BCUT2D eigenvalue weighted by atomic mass is 15.1. The Morgan fingerprint density at radius 1 is 1.00 bits per heavy atom. The van der Waals surface area contributed by atoms with Crippen LogP contribution in [0.3, 0.4) is 0 Å². The maximum atomic E-state index is 6.40. The zero-order valence-corrected chi connectivity index (χ0v) is 17.7. The SMILES string of the molecule is CNCCCNc1nc(Nc2ccccc2)ncc1C(N)=Nc1c(C)cccc1C. The summed E-state index contributed by atoms with van der Waals surface area (Å²) >= 11 is 0. The third-order valence-corrected chi connectivity index (χ3v) is 4.66. The molecule has 0 aliphatic heterocycles. The molecule has 3 aromatic rings. The van der Waals surface area contributed by atoms with Crippen LogP contribution in [0, 0.1) is 13.8 Å². The molecule has 2 aromatic carbocycles. The molecule has 0 fully saturated rings. The minimum atomic E-state index is 0.384. The normalized spacial score (nSPS) is 11.4. The van der Waals surface area contributed by atoms with Crippen LogP contribution in [0.15, 0.2) is 59.7 Å². The Balaban J connectivity index is 1.92. The molecule has 0 unspecified atom stereocenters. The van der Waals surface area contributed by atoms with Gasteiger partial charge in [-0.3, -0.25) is 0 Å². The van der Waals surface area contributed by atoms with Crippen LogP contribution < -0.4 is 21.7 Å². The van der Waals surface area contributed by atoms with Crippen LogP contribution in [0.4, 0.5) is 23.1 Å². The number of hydrogen-bond acceptors (Lipinski definition) is 6. The highest BCUT2D eigenvalue weighted by Gasteiger charge is 2.12. The number of rotatable bonds is 9. The van der Waals surface area contributed by atoms with Crippen LogP contribution in [0.25, 0.3) is 0 Å². The predicted molar refractivity (Wildman–Crippen MR) is 125 cm³/mol. The van der Waals surface area contributed by atoms with E-state index in [1.807, 2.05) is 69.4 Å². The number of aromatic nitrogens is 2. The molecule has 7 heteroatoms. The number of nitrogens with two attached hydrogens (primary N) is 1. The fraction of sp³-hybridized carbons (Fsp3) is 0.261. The molecule has 1 heterocycles. The average molecular weight is 404 g/mol. The molecule has 0 saturated heterocycles. The van der Waals surface area contributed by atoms with Crippen LogP contribution in [-0.4, -0.2) is 35.9 Å². The summed E-state index contributed by atoms with van der Waals surface area (Å²) in [4.78, 5) is 13.8. The largest absolute Gasteiger partial charge is 0.383 e.